The van der Waals surface area contributed by atoms with E-state index in [1.165, 1.54) is 6.08 Å². The lowest BCUT2D eigenvalue weighted by Crippen LogP contribution is -2.11. The molecule has 4 nitrogen and oxygen atoms in total. The van der Waals surface area contributed by atoms with Crippen molar-refractivity contribution in [2.45, 2.75) is 12.8 Å². The minimum Gasteiger partial charge on any atom is -0.359 e. The van der Waals surface area contributed by atoms with Crippen LogP contribution in [-0.2, 0) is 11.2 Å². The number of benzene rings is 1. The number of H-pyrrole nitrogens is 1. The predicted molar refractivity (Wildman–Crippen MR) is 80.6 cm³/mol. The van der Waals surface area contributed by atoms with Gasteiger partial charge in [0.1, 0.15) is 0 Å². The van der Waals surface area contributed by atoms with E-state index in [2.05, 4.69) is 9.98 Å². The molecule has 0 saturated carbocycles. The topological polar surface area (TPSA) is 62.3 Å². The first-order chi connectivity index (χ1) is 10.2. The molecule has 21 heavy (non-hydrogen) atoms. The smallest absolute Gasteiger partial charge is 0.209 e. The van der Waals surface area contributed by atoms with Gasteiger partial charge in [-0.1, -0.05) is 24.3 Å². The monoisotopic (exact) mass is 278 g/mol. The molecule has 4 heteroatoms. The molecule has 1 aliphatic heterocycles. The standard InChI is InChI=1S/C17H14N2O2/c20-15-7-9-18-14(11-15)10-12-3-5-13(6-4-12)17(21)16-2-1-8-19-16/h1-9,19H,10-11H2. The van der Waals surface area contributed by atoms with Crippen molar-refractivity contribution in [1.82, 2.24) is 4.98 Å². The summed E-state index contributed by atoms with van der Waals surface area (Å²) in [6.07, 6.45) is 5.77. The number of aromatic amines is 1. The number of hydrogen-bond donors (Lipinski definition) is 1. The summed E-state index contributed by atoms with van der Waals surface area (Å²) in [7, 11) is 0. The van der Waals surface area contributed by atoms with E-state index in [4.69, 9.17) is 0 Å². The van der Waals surface area contributed by atoms with E-state index in [1.807, 2.05) is 12.1 Å². The van der Waals surface area contributed by atoms with Gasteiger partial charge in [0.25, 0.3) is 0 Å². The molecule has 0 spiro atoms. The maximum absolute atomic E-state index is 12.1. The molecule has 1 aromatic carbocycles. The van der Waals surface area contributed by atoms with E-state index in [0.29, 0.717) is 24.1 Å². The first-order valence-corrected chi connectivity index (χ1v) is 6.74. The van der Waals surface area contributed by atoms with Crippen molar-refractivity contribution in [3.05, 3.63) is 71.7 Å². The van der Waals surface area contributed by atoms with E-state index in [0.717, 1.165) is 11.3 Å². The Hall–Kier alpha value is -2.75. The molecule has 1 N–H and O–H groups in total. The van der Waals surface area contributed by atoms with E-state index in [9.17, 15) is 9.59 Å². The van der Waals surface area contributed by atoms with Crippen LogP contribution in [0.25, 0.3) is 0 Å². The number of aliphatic imine (C=N–C) groups is 1. The largest absolute Gasteiger partial charge is 0.359 e. The van der Waals surface area contributed by atoms with E-state index < -0.39 is 0 Å². The number of aromatic nitrogens is 1. The summed E-state index contributed by atoms with van der Waals surface area (Å²) < 4.78 is 0. The lowest BCUT2D eigenvalue weighted by atomic mass is 10.0. The number of ketones is 2. The zero-order chi connectivity index (χ0) is 14.7. The minimum atomic E-state index is -0.0281. The van der Waals surface area contributed by atoms with Crippen molar-refractivity contribution in [3.63, 3.8) is 0 Å². The third kappa shape index (κ3) is 3.05. The van der Waals surface area contributed by atoms with Gasteiger partial charge in [-0.25, -0.2) is 0 Å². The molecule has 2 heterocycles. The van der Waals surface area contributed by atoms with Crippen LogP contribution in [0.2, 0.25) is 0 Å². The highest BCUT2D eigenvalue weighted by molar-refractivity contribution is 6.09. The van der Waals surface area contributed by atoms with Crippen LogP contribution in [0, 0.1) is 0 Å². The fraction of sp³-hybridized carbons (Fsp3) is 0.118. The third-order valence-corrected chi connectivity index (χ3v) is 3.36. The molecule has 0 bridgehead atoms. The summed E-state index contributed by atoms with van der Waals surface area (Å²) in [5, 5.41) is 0. The lowest BCUT2D eigenvalue weighted by Gasteiger charge is -2.07. The lowest BCUT2D eigenvalue weighted by molar-refractivity contribution is -0.113. The quantitative estimate of drug-likeness (QED) is 0.874. The first-order valence-electron chi connectivity index (χ1n) is 6.74. The Balaban J connectivity index is 1.73. The average Bonchev–Trinajstić information content (AvgIpc) is 3.01. The average molecular weight is 278 g/mol. The minimum absolute atomic E-state index is 0.0281. The number of carbonyl (C=O) groups excluding carboxylic acids is 2. The molecule has 1 aliphatic rings. The molecule has 1 aromatic heterocycles. The Morgan fingerprint density at radius 1 is 1.19 bits per heavy atom. The highest BCUT2D eigenvalue weighted by Crippen LogP contribution is 2.12. The maximum Gasteiger partial charge on any atom is 0.209 e. The molecular formula is C17H14N2O2. The van der Waals surface area contributed by atoms with Gasteiger partial charge in [-0.05, 0) is 23.8 Å². The van der Waals surface area contributed by atoms with Gasteiger partial charge < -0.3 is 4.98 Å². The van der Waals surface area contributed by atoms with Gasteiger partial charge in [0, 0.05) is 36.5 Å². The Bertz CT molecular complexity index is 723. The van der Waals surface area contributed by atoms with E-state index >= 15 is 0 Å². The van der Waals surface area contributed by atoms with Crippen LogP contribution < -0.4 is 0 Å². The molecule has 0 radical (unpaired) electrons. The molecule has 2 aromatic rings. The van der Waals surface area contributed by atoms with Crippen molar-refractivity contribution < 1.29 is 9.59 Å². The van der Waals surface area contributed by atoms with E-state index in [-0.39, 0.29) is 11.6 Å². The zero-order valence-corrected chi connectivity index (χ0v) is 11.4. The van der Waals surface area contributed by atoms with Crippen LogP contribution in [0.5, 0.6) is 0 Å². The van der Waals surface area contributed by atoms with Gasteiger partial charge in [0.05, 0.1) is 5.69 Å². The van der Waals surface area contributed by atoms with Crippen molar-refractivity contribution in [2.75, 3.05) is 0 Å². The summed E-state index contributed by atoms with van der Waals surface area (Å²) in [6, 6.07) is 11.0. The molecule has 0 atom stereocenters. The normalized spacial score (nSPS) is 14.1. The van der Waals surface area contributed by atoms with Gasteiger partial charge in [-0.15, -0.1) is 0 Å². The van der Waals surface area contributed by atoms with Crippen LogP contribution in [0.4, 0.5) is 0 Å². The summed E-state index contributed by atoms with van der Waals surface area (Å²) in [5.74, 6) is 0.0539. The van der Waals surface area contributed by atoms with Crippen LogP contribution in [0.3, 0.4) is 0 Å². The Morgan fingerprint density at radius 2 is 2.00 bits per heavy atom. The number of rotatable bonds is 4. The van der Waals surface area contributed by atoms with Crippen LogP contribution >= 0.6 is 0 Å². The summed E-state index contributed by atoms with van der Waals surface area (Å²) in [5.41, 5.74) is 3.11. The van der Waals surface area contributed by atoms with Gasteiger partial charge in [-0.3, -0.25) is 14.6 Å². The summed E-state index contributed by atoms with van der Waals surface area (Å²) in [6.45, 7) is 0. The number of hydrogen-bond acceptors (Lipinski definition) is 3. The highest BCUT2D eigenvalue weighted by atomic mass is 16.1. The van der Waals surface area contributed by atoms with Crippen molar-refractivity contribution in [1.29, 1.82) is 0 Å². The van der Waals surface area contributed by atoms with Crippen molar-refractivity contribution in [3.8, 4) is 0 Å². The molecular weight excluding hydrogens is 264 g/mol. The Kier molecular flexibility index (Phi) is 3.60. The molecule has 0 fully saturated rings. The molecule has 0 aliphatic carbocycles. The Labute approximate surface area is 122 Å². The zero-order valence-electron chi connectivity index (χ0n) is 11.4. The van der Waals surface area contributed by atoms with E-state index in [1.54, 1.807) is 36.7 Å². The van der Waals surface area contributed by atoms with Crippen LogP contribution in [0.15, 0.2) is 59.9 Å². The summed E-state index contributed by atoms with van der Waals surface area (Å²) in [4.78, 5) is 30.6. The van der Waals surface area contributed by atoms with Gasteiger partial charge in [-0.2, -0.15) is 0 Å². The SMILES string of the molecule is O=C1C=CN=C(Cc2ccc(C(=O)c3ccc[nH]3)cc2)C1. The molecule has 0 amide bonds. The second-order valence-corrected chi connectivity index (χ2v) is 4.94. The van der Waals surface area contributed by atoms with Crippen LogP contribution in [-0.4, -0.2) is 22.3 Å². The predicted octanol–water partition coefficient (Wildman–Crippen LogP) is 2.72. The third-order valence-electron chi connectivity index (χ3n) is 3.36. The number of carbonyl (C=O) groups is 2. The summed E-state index contributed by atoms with van der Waals surface area (Å²) >= 11 is 0. The van der Waals surface area contributed by atoms with Gasteiger partial charge in [0.2, 0.25) is 5.78 Å². The highest BCUT2D eigenvalue weighted by Gasteiger charge is 2.11. The number of nitrogens with one attached hydrogen (secondary N) is 1. The maximum atomic E-state index is 12.1. The van der Waals surface area contributed by atoms with Crippen molar-refractivity contribution in [2.24, 2.45) is 4.99 Å². The number of allylic oxidation sites excluding steroid dienone is 1. The molecule has 0 unspecified atom stereocenters. The fourth-order valence-electron chi connectivity index (χ4n) is 2.28. The van der Waals surface area contributed by atoms with Gasteiger partial charge >= 0.3 is 0 Å². The second-order valence-electron chi connectivity index (χ2n) is 4.94. The second kappa shape index (κ2) is 5.71. The van der Waals surface area contributed by atoms with Crippen LogP contribution in [0.1, 0.15) is 28.0 Å². The fourth-order valence-corrected chi connectivity index (χ4v) is 2.28. The first kappa shape index (κ1) is 13.2. The van der Waals surface area contributed by atoms with Gasteiger partial charge in [0.15, 0.2) is 5.78 Å². The van der Waals surface area contributed by atoms with Crippen molar-refractivity contribution >= 4 is 17.3 Å². The molecule has 3 rings (SSSR count). The number of nitrogens with zero attached hydrogens (tertiary/aromatic N) is 1. The Morgan fingerprint density at radius 3 is 2.67 bits per heavy atom. The molecule has 0 saturated heterocycles. The molecule has 104 valence electrons.